The molecule has 0 aliphatic carbocycles. The number of rotatable bonds is 10. The van der Waals surface area contributed by atoms with Crippen LogP contribution in [0.25, 0.3) is 0 Å². The molecule has 106 valence electrons. The molecular formula is C13H24O5. The first-order valence-electron chi connectivity index (χ1n) is 6.39. The average Bonchev–Trinajstić information content (AvgIpc) is 2.34. The third kappa shape index (κ3) is 10.1. The Kier molecular flexibility index (Phi) is 10.3. The Morgan fingerprint density at radius 3 is 2.22 bits per heavy atom. The average molecular weight is 260 g/mol. The summed E-state index contributed by atoms with van der Waals surface area (Å²) in [6.07, 6.45) is 3.11. The van der Waals surface area contributed by atoms with E-state index in [2.05, 4.69) is 0 Å². The van der Waals surface area contributed by atoms with Gasteiger partial charge in [0, 0.05) is 20.1 Å². The van der Waals surface area contributed by atoms with Gasteiger partial charge in [-0.2, -0.15) is 0 Å². The monoisotopic (exact) mass is 260 g/mol. The Labute approximate surface area is 109 Å². The minimum absolute atomic E-state index is 0.131. The van der Waals surface area contributed by atoms with Gasteiger partial charge in [0.1, 0.15) is 13.2 Å². The van der Waals surface area contributed by atoms with Crippen LogP contribution in [0, 0.1) is 5.92 Å². The molecular weight excluding hydrogens is 236 g/mol. The minimum atomic E-state index is -0.273. The topological polar surface area (TPSA) is 61.8 Å². The lowest BCUT2D eigenvalue weighted by Crippen LogP contribution is -2.17. The summed E-state index contributed by atoms with van der Waals surface area (Å²) < 4.78 is 14.7. The van der Waals surface area contributed by atoms with Crippen molar-refractivity contribution in [2.75, 3.05) is 26.9 Å². The fourth-order valence-corrected chi connectivity index (χ4v) is 1.23. The molecule has 0 aromatic rings. The molecule has 18 heavy (non-hydrogen) atoms. The summed E-state index contributed by atoms with van der Waals surface area (Å²) in [5, 5.41) is 0. The van der Waals surface area contributed by atoms with Gasteiger partial charge in [0.15, 0.2) is 0 Å². The summed E-state index contributed by atoms with van der Waals surface area (Å²) in [7, 11) is 1.66. The Morgan fingerprint density at radius 2 is 1.61 bits per heavy atom. The number of hydrogen-bond donors (Lipinski definition) is 0. The highest BCUT2D eigenvalue weighted by molar-refractivity contribution is 5.71. The molecule has 5 nitrogen and oxygen atoms in total. The van der Waals surface area contributed by atoms with Crippen LogP contribution in [0.5, 0.6) is 0 Å². The molecule has 0 amide bonds. The van der Waals surface area contributed by atoms with Crippen LogP contribution < -0.4 is 0 Å². The molecule has 0 saturated carbocycles. The van der Waals surface area contributed by atoms with Crippen molar-refractivity contribution in [3.63, 3.8) is 0 Å². The van der Waals surface area contributed by atoms with E-state index in [4.69, 9.17) is 14.2 Å². The quantitative estimate of drug-likeness (QED) is 0.443. The zero-order chi connectivity index (χ0) is 13.8. The third-order valence-electron chi connectivity index (χ3n) is 2.29. The summed E-state index contributed by atoms with van der Waals surface area (Å²) in [5.74, 6) is -0.667. The highest BCUT2D eigenvalue weighted by atomic mass is 16.6. The molecule has 0 heterocycles. The Balaban J connectivity index is 3.34. The number of carbonyl (C=O) groups excluding carboxylic acids is 2. The minimum Gasteiger partial charge on any atom is -0.462 e. The first-order valence-corrected chi connectivity index (χ1v) is 6.39. The predicted octanol–water partition coefficient (Wildman–Crippen LogP) is 1.94. The SMILES string of the molecule is COCCCCCC(=O)OCCOC(=O)C(C)C. The molecule has 0 saturated heterocycles. The molecule has 0 bridgehead atoms. The van der Waals surface area contributed by atoms with E-state index in [-0.39, 0.29) is 31.1 Å². The number of esters is 2. The van der Waals surface area contributed by atoms with E-state index in [1.165, 1.54) is 0 Å². The standard InChI is InChI=1S/C13H24O5/c1-11(2)13(15)18-10-9-17-12(14)7-5-4-6-8-16-3/h11H,4-10H2,1-3H3. The Morgan fingerprint density at radius 1 is 0.944 bits per heavy atom. The van der Waals surface area contributed by atoms with Gasteiger partial charge in [0.05, 0.1) is 5.92 Å². The second kappa shape index (κ2) is 11.0. The van der Waals surface area contributed by atoms with Gasteiger partial charge in [0.2, 0.25) is 0 Å². The molecule has 0 rings (SSSR count). The molecule has 0 N–H and O–H groups in total. The maximum atomic E-state index is 11.3. The van der Waals surface area contributed by atoms with Crippen LogP contribution in [0.4, 0.5) is 0 Å². The summed E-state index contributed by atoms with van der Waals surface area (Å²) >= 11 is 0. The van der Waals surface area contributed by atoms with Crippen LogP contribution in [0.1, 0.15) is 39.5 Å². The van der Waals surface area contributed by atoms with E-state index in [1.54, 1.807) is 21.0 Å². The van der Waals surface area contributed by atoms with Crippen molar-refractivity contribution in [1.29, 1.82) is 0 Å². The molecule has 0 fully saturated rings. The molecule has 0 spiro atoms. The van der Waals surface area contributed by atoms with Crippen LogP contribution in [-0.2, 0) is 23.8 Å². The van der Waals surface area contributed by atoms with Crippen LogP contribution in [-0.4, -0.2) is 38.9 Å². The molecule has 0 unspecified atom stereocenters. The van der Waals surface area contributed by atoms with Gasteiger partial charge >= 0.3 is 11.9 Å². The van der Waals surface area contributed by atoms with Crippen molar-refractivity contribution < 1.29 is 23.8 Å². The van der Waals surface area contributed by atoms with E-state index < -0.39 is 0 Å². The lowest BCUT2D eigenvalue weighted by molar-refractivity contribution is -0.154. The van der Waals surface area contributed by atoms with Crippen molar-refractivity contribution in [2.24, 2.45) is 5.92 Å². The summed E-state index contributed by atoms with van der Waals surface area (Å²) in [4.78, 5) is 22.3. The van der Waals surface area contributed by atoms with E-state index >= 15 is 0 Å². The predicted molar refractivity (Wildman–Crippen MR) is 67.1 cm³/mol. The van der Waals surface area contributed by atoms with E-state index in [9.17, 15) is 9.59 Å². The van der Waals surface area contributed by atoms with Gasteiger partial charge in [-0.25, -0.2) is 0 Å². The Bertz CT molecular complexity index is 238. The lowest BCUT2D eigenvalue weighted by atomic mass is 10.2. The molecule has 0 aromatic carbocycles. The fourth-order valence-electron chi connectivity index (χ4n) is 1.23. The van der Waals surface area contributed by atoms with Gasteiger partial charge in [-0.05, 0) is 12.8 Å². The molecule has 0 atom stereocenters. The fraction of sp³-hybridized carbons (Fsp3) is 0.846. The van der Waals surface area contributed by atoms with Crippen molar-refractivity contribution in [1.82, 2.24) is 0 Å². The zero-order valence-electron chi connectivity index (χ0n) is 11.6. The van der Waals surface area contributed by atoms with Gasteiger partial charge in [-0.3, -0.25) is 9.59 Å². The number of methoxy groups -OCH3 is 1. The molecule has 0 radical (unpaired) electrons. The van der Waals surface area contributed by atoms with Crippen LogP contribution in [0.15, 0.2) is 0 Å². The first kappa shape index (κ1) is 16.9. The van der Waals surface area contributed by atoms with Crippen molar-refractivity contribution >= 4 is 11.9 Å². The maximum Gasteiger partial charge on any atom is 0.308 e. The summed E-state index contributed by atoms with van der Waals surface area (Å²) in [5.41, 5.74) is 0. The van der Waals surface area contributed by atoms with Crippen LogP contribution in [0.3, 0.4) is 0 Å². The van der Waals surface area contributed by atoms with E-state index in [1.807, 2.05) is 0 Å². The summed E-state index contributed by atoms with van der Waals surface area (Å²) in [6.45, 7) is 4.50. The second-order valence-corrected chi connectivity index (χ2v) is 4.35. The smallest absolute Gasteiger partial charge is 0.308 e. The molecule has 0 aliphatic heterocycles. The van der Waals surface area contributed by atoms with E-state index in [0.29, 0.717) is 6.42 Å². The van der Waals surface area contributed by atoms with Crippen molar-refractivity contribution in [2.45, 2.75) is 39.5 Å². The molecule has 5 heteroatoms. The maximum absolute atomic E-state index is 11.3. The lowest BCUT2D eigenvalue weighted by Gasteiger charge is -2.07. The number of unbranched alkanes of at least 4 members (excludes halogenated alkanes) is 2. The van der Waals surface area contributed by atoms with Crippen molar-refractivity contribution in [3.05, 3.63) is 0 Å². The molecule has 0 aromatic heterocycles. The number of carbonyl (C=O) groups is 2. The third-order valence-corrected chi connectivity index (χ3v) is 2.29. The van der Waals surface area contributed by atoms with Gasteiger partial charge in [-0.1, -0.05) is 20.3 Å². The largest absolute Gasteiger partial charge is 0.462 e. The normalized spacial score (nSPS) is 10.4. The van der Waals surface area contributed by atoms with Gasteiger partial charge in [-0.15, -0.1) is 0 Å². The van der Waals surface area contributed by atoms with Gasteiger partial charge < -0.3 is 14.2 Å². The summed E-state index contributed by atoms with van der Waals surface area (Å²) in [6, 6.07) is 0. The molecule has 0 aliphatic rings. The van der Waals surface area contributed by atoms with Crippen LogP contribution in [0.2, 0.25) is 0 Å². The highest BCUT2D eigenvalue weighted by Crippen LogP contribution is 2.01. The first-order chi connectivity index (χ1) is 8.57. The Hall–Kier alpha value is -1.10. The number of ether oxygens (including phenoxy) is 3. The van der Waals surface area contributed by atoms with Crippen LogP contribution >= 0.6 is 0 Å². The van der Waals surface area contributed by atoms with Crippen molar-refractivity contribution in [3.8, 4) is 0 Å². The van der Waals surface area contributed by atoms with Gasteiger partial charge in [0.25, 0.3) is 0 Å². The second-order valence-electron chi connectivity index (χ2n) is 4.35. The highest BCUT2D eigenvalue weighted by Gasteiger charge is 2.08. The van der Waals surface area contributed by atoms with E-state index in [0.717, 1.165) is 25.9 Å². The number of hydrogen-bond acceptors (Lipinski definition) is 5. The zero-order valence-corrected chi connectivity index (χ0v) is 11.6.